The lowest BCUT2D eigenvalue weighted by Crippen LogP contribution is -2.63. The molecule has 412 valence electrons. The number of rotatable bonds is 23. The highest BCUT2D eigenvalue weighted by atomic mass is 16.6. The number of aromatic nitrogens is 1. The number of nitrogens with zero attached hydrogens (tertiary/aromatic N) is 4. The van der Waals surface area contributed by atoms with Crippen molar-refractivity contribution in [2.75, 3.05) is 40.3 Å². The number of fused-ring (bicyclic) bond motifs is 1. The second-order valence-electron chi connectivity index (χ2n) is 24.7. The molecule has 2 aromatic rings. The second-order valence-corrected chi connectivity index (χ2v) is 24.7. The topological polar surface area (TPSA) is 209 Å². The lowest BCUT2D eigenvalue weighted by atomic mass is 9.60. The van der Waals surface area contributed by atoms with Crippen LogP contribution < -0.4 is 21.3 Å². The number of benzene rings is 1. The minimum Gasteiger partial charge on any atom is -0.443 e. The first-order chi connectivity index (χ1) is 33.9. The molecule has 17 heteroatoms. The normalized spacial score (nSPS) is 15.0. The van der Waals surface area contributed by atoms with E-state index in [1.165, 1.54) is 17.1 Å². The van der Waals surface area contributed by atoms with E-state index in [2.05, 4.69) is 62.8 Å². The van der Waals surface area contributed by atoms with Crippen molar-refractivity contribution in [3.63, 3.8) is 0 Å². The van der Waals surface area contributed by atoms with Crippen molar-refractivity contribution in [1.82, 2.24) is 40.5 Å². The van der Waals surface area contributed by atoms with Crippen LogP contribution in [0.4, 0.5) is 4.79 Å². The molecule has 0 saturated carbocycles. The molecule has 3 unspecified atom stereocenters. The Morgan fingerprint density at radius 2 is 1.23 bits per heavy atom. The number of ether oxygens (including phenoxy) is 1. The van der Waals surface area contributed by atoms with Gasteiger partial charge in [-0.15, -0.1) is 0 Å². The maximum atomic E-state index is 15.3. The minimum absolute atomic E-state index is 0.0813. The van der Waals surface area contributed by atoms with Crippen LogP contribution in [-0.2, 0) is 50.8 Å². The summed E-state index contributed by atoms with van der Waals surface area (Å²) in [6.07, 6.45) is 6.50. The molecular weight excluding hydrogens is 941 g/mol. The molecule has 17 nitrogen and oxygen atoms in total. The molecule has 0 saturated heterocycles. The zero-order valence-corrected chi connectivity index (χ0v) is 48.1. The molecule has 0 spiro atoms. The fourth-order valence-corrected chi connectivity index (χ4v) is 11.3. The average Bonchev–Trinajstić information content (AvgIpc) is 3.78. The van der Waals surface area contributed by atoms with Crippen LogP contribution in [-0.4, -0.2) is 131 Å². The fraction of sp³-hybridized carbons (Fsp3) is 0.649. The van der Waals surface area contributed by atoms with E-state index in [0.717, 1.165) is 21.4 Å². The molecule has 8 amide bonds. The van der Waals surface area contributed by atoms with Gasteiger partial charge < -0.3 is 35.5 Å². The van der Waals surface area contributed by atoms with Crippen LogP contribution >= 0.6 is 0 Å². The molecule has 2 heterocycles. The van der Waals surface area contributed by atoms with E-state index in [1.54, 1.807) is 32.0 Å². The first-order valence-electron chi connectivity index (χ1n) is 26.1. The molecule has 74 heavy (non-hydrogen) atoms. The smallest absolute Gasteiger partial charge is 0.410 e. The molecular formula is C57H90N8O9. The molecule has 3 atom stereocenters. The third-order valence-electron chi connectivity index (χ3n) is 14.0. The number of para-hydroxylation sites is 1. The summed E-state index contributed by atoms with van der Waals surface area (Å²) in [7, 11) is 5.19. The number of hydrogen-bond donors (Lipinski definition) is 4. The van der Waals surface area contributed by atoms with Crippen molar-refractivity contribution in [1.29, 1.82) is 0 Å². The predicted octanol–water partition coefficient (Wildman–Crippen LogP) is 7.17. The molecule has 3 rings (SSSR count). The predicted molar refractivity (Wildman–Crippen MR) is 290 cm³/mol. The van der Waals surface area contributed by atoms with Gasteiger partial charge in [0.05, 0.1) is 6.04 Å². The van der Waals surface area contributed by atoms with Crippen LogP contribution in [0.15, 0.2) is 54.3 Å². The Kier molecular flexibility index (Phi) is 21.1. The van der Waals surface area contributed by atoms with E-state index in [9.17, 15) is 33.6 Å². The van der Waals surface area contributed by atoms with Crippen LogP contribution in [0.1, 0.15) is 142 Å². The summed E-state index contributed by atoms with van der Waals surface area (Å²) < 4.78 is 8.48. The summed E-state index contributed by atoms with van der Waals surface area (Å²) in [4.78, 5) is 110. The van der Waals surface area contributed by atoms with E-state index < -0.39 is 58.4 Å². The van der Waals surface area contributed by atoms with E-state index in [1.807, 2.05) is 104 Å². The third kappa shape index (κ3) is 16.2. The highest BCUT2D eigenvalue weighted by Gasteiger charge is 2.51. The van der Waals surface area contributed by atoms with Gasteiger partial charge in [-0.25, -0.2) is 4.79 Å². The van der Waals surface area contributed by atoms with E-state index in [-0.39, 0.29) is 85.3 Å². The molecule has 0 bridgehead atoms. The quantitative estimate of drug-likeness (QED) is 0.0505. The standard InChI is InChI=1S/C57H90N8O9/c1-36(2)41(34-37(3)48(70)60-31-23-27-42(66)58-30-22-26-43(67)59-32-33-65-44(68)28-29-45(65)69)63(18)50(72)46(53(4,5)6)61-49(71)47(56(13,14)39-35-62(17)40-25-21-20-24-38(39)40)64(19)52(73)74-57(15,16)51(54(7,8)9)55(10,11)12/h20-21,24-25,28-29,34-36,41,46-47,51H,22-23,26-27,30-33H2,1-19H3,(H,58,66)(H,59,67)(H,60,70)(H,61,71)/b37-34+. The molecule has 4 N–H and O–H groups in total. The summed E-state index contributed by atoms with van der Waals surface area (Å²) in [6.45, 7) is 32.4. The maximum Gasteiger partial charge on any atom is 0.410 e. The zero-order valence-electron chi connectivity index (χ0n) is 48.1. The van der Waals surface area contributed by atoms with E-state index in [0.29, 0.717) is 18.4 Å². The number of aryl methyl sites for hydroxylation is 1. The van der Waals surface area contributed by atoms with Crippen molar-refractivity contribution in [2.45, 2.75) is 166 Å². The molecule has 1 aromatic heterocycles. The van der Waals surface area contributed by atoms with Crippen molar-refractivity contribution >= 4 is 58.3 Å². The van der Waals surface area contributed by atoms with Gasteiger partial charge in [0.2, 0.25) is 29.5 Å². The van der Waals surface area contributed by atoms with Crippen LogP contribution in [0.3, 0.4) is 0 Å². The van der Waals surface area contributed by atoms with Gasteiger partial charge in [-0.2, -0.15) is 0 Å². The van der Waals surface area contributed by atoms with Gasteiger partial charge >= 0.3 is 6.09 Å². The average molecular weight is 1030 g/mol. The fourth-order valence-electron chi connectivity index (χ4n) is 11.3. The van der Waals surface area contributed by atoms with Crippen molar-refractivity contribution in [3.05, 3.63) is 59.8 Å². The summed E-state index contributed by atoms with van der Waals surface area (Å²) in [6, 6.07) is 5.14. The first-order valence-corrected chi connectivity index (χ1v) is 26.1. The number of imide groups is 1. The van der Waals surface area contributed by atoms with Gasteiger partial charge in [-0.1, -0.05) is 114 Å². The first kappa shape index (κ1) is 62.3. The van der Waals surface area contributed by atoms with Gasteiger partial charge in [0.15, 0.2) is 0 Å². The lowest BCUT2D eigenvalue weighted by molar-refractivity contribution is -0.142. The van der Waals surface area contributed by atoms with Crippen molar-refractivity contribution in [2.24, 2.45) is 35.1 Å². The zero-order chi connectivity index (χ0) is 56.5. The largest absolute Gasteiger partial charge is 0.443 e. The van der Waals surface area contributed by atoms with Crippen molar-refractivity contribution < 1.29 is 43.1 Å². The number of amides is 8. The molecule has 1 aromatic carbocycles. The minimum atomic E-state index is -1.16. The number of nitrogens with one attached hydrogen (secondary N) is 4. The van der Waals surface area contributed by atoms with Crippen LogP contribution in [0, 0.1) is 28.1 Å². The van der Waals surface area contributed by atoms with Gasteiger partial charge in [0.25, 0.3) is 11.8 Å². The Morgan fingerprint density at radius 3 is 1.74 bits per heavy atom. The van der Waals surface area contributed by atoms with Gasteiger partial charge in [-0.05, 0) is 67.4 Å². The molecule has 0 radical (unpaired) electrons. The molecule has 1 aliphatic rings. The maximum absolute atomic E-state index is 15.3. The van der Waals surface area contributed by atoms with E-state index >= 15 is 4.79 Å². The van der Waals surface area contributed by atoms with E-state index in [4.69, 9.17) is 4.74 Å². The Labute approximate surface area is 441 Å². The summed E-state index contributed by atoms with van der Waals surface area (Å²) in [5.41, 5.74) is -1.08. The molecule has 1 aliphatic heterocycles. The summed E-state index contributed by atoms with van der Waals surface area (Å²) >= 11 is 0. The Bertz CT molecular complexity index is 2400. The third-order valence-corrected chi connectivity index (χ3v) is 14.0. The molecule has 0 aliphatic carbocycles. The summed E-state index contributed by atoms with van der Waals surface area (Å²) in [5, 5.41) is 12.4. The second kappa shape index (κ2) is 25.0. The number of hydrogen-bond acceptors (Lipinski definition) is 9. The van der Waals surface area contributed by atoms with Gasteiger partial charge in [0.1, 0.15) is 17.7 Å². The van der Waals surface area contributed by atoms with Gasteiger partial charge in [0, 0.05) is 106 Å². The SMILES string of the molecule is C/C(=C\C(C(C)C)N(C)C(=O)C(NC(=O)C(N(C)C(=O)OC(C)(C)C(C(C)(C)C)C(C)(C)C)C(C)(C)c1cn(C)c2ccccc12)C(C)(C)C)C(=O)NCCCC(=O)NCCCC(=O)NCCN1C(=O)C=CC1=O. The monoisotopic (exact) mass is 1030 g/mol. The molecule has 0 fully saturated rings. The van der Waals surface area contributed by atoms with Gasteiger partial charge in [-0.3, -0.25) is 43.4 Å². The Morgan fingerprint density at radius 1 is 0.716 bits per heavy atom. The number of likely N-dealkylation sites (N-methyl/N-ethyl adjacent to an activating group) is 2. The lowest BCUT2D eigenvalue weighted by Gasteiger charge is -2.50. The highest BCUT2D eigenvalue weighted by Crippen LogP contribution is 2.48. The van der Waals surface area contributed by atoms with Crippen molar-refractivity contribution in [3.8, 4) is 0 Å². The van der Waals surface area contributed by atoms with Crippen LogP contribution in [0.25, 0.3) is 10.9 Å². The van der Waals surface area contributed by atoms with Crippen LogP contribution in [0.2, 0.25) is 0 Å². The number of carbonyl (C=O) groups is 8. The number of carbonyl (C=O) groups excluding carboxylic acids is 8. The summed E-state index contributed by atoms with van der Waals surface area (Å²) in [5.74, 6) is -2.80. The Balaban J connectivity index is 1.76. The Hall–Kier alpha value is -6.00. The highest BCUT2D eigenvalue weighted by molar-refractivity contribution is 6.12. The van der Waals surface area contributed by atoms with Crippen LogP contribution in [0.5, 0.6) is 0 Å².